The zero-order valence-electron chi connectivity index (χ0n) is 12.0. The normalized spacial score (nSPS) is 17.9. The molecule has 1 aliphatic carbocycles. The Morgan fingerprint density at radius 3 is 2.60 bits per heavy atom. The molecule has 0 aliphatic heterocycles. The molecule has 5 nitrogen and oxygen atoms in total. The molecule has 0 unspecified atom stereocenters. The number of rotatable bonds is 3. The Morgan fingerprint density at radius 1 is 1.50 bits per heavy atom. The van der Waals surface area contributed by atoms with Crippen LogP contribution in [0.4, 0.5) is 19.4 Å². The van der Waals surface area contributed by atoms with Gasteiger partial charge in [-0.2, -0.15) is 5.10 Å². The Labute approximate surface area is 116 Å². The molecule has 1 saturated carbocycles. The summed E-state index contributed by atoms with van der Waals surface area (Å²) in [6.45, 7) is 5.26. The molecule has 1 heterocycles. The van der Waals surface area contributed by atoms with Crippen LogP contribution in [-0.4, -0.2) is 27.9 Å². The summed E-state index contributed by atoms with van der Waals surface area (Å²) in [6, 6.07) is 0. The third kappa shape index (κ3) is 2.91. The number of hydrogen-bond donors (Lipinski definition) is 1. The molecule has 7 heteroatoms. The average Bonchev–Trinajstić information content (AvgIpc) is 2.52. The van der Waals surface area contributed by atoms with Crippen molar-refractivity contribution in [1.82, 2.24) is 9.78 Å². The maximum absolute atomic E-state index is 12.9. The number of aromatic nitrogens is 2. The number of alkyl halides is 2. The minimum Gasteiger partial charge on any atom is -0.447 e. The Hall–Kier alpha value is -1.66. The van der Waals surface area contributed by atoms with Gasteiger partial charge in [0.2, 0.25) is 5.92 Å². The van der Waals surface area contributed by atoms with Crippen LogP contribution in [0.25, 0.3) is 0 Å². The van der Waals surface area contributed by atoms with Crippen LogP contribution in [0.15, 0.2) is 0 Å². The van der Waals surface area contributed by atoms with Gasteiger partial charge >= 0.3 is 6.09 Å². The molecule has 1 aliphatic rings. The fraction of sp³-hybridized carbons (Fsp3) is 0.692. The van der Waals surface area contributed by atoms with Gasteiger partial charge in [-0.15, -0.1) is 0 Å². The van der Waals surface area contributed by atoms with Crippen molar-refractivity contribution in [3.8, 4) is 0 Å². The fourth-order valence-electron chi connectivity index (χ4n) is 2.41. The molecule has 0 bridgehead atoms. The minimum absolute atomic E-state index is 0.180. The van der Waals surface area contributed by atoms with E-state index in [2.05, 4.69) is 10.4 Å². The third-order valence-electron chi connectivity index (χ3n) is 3.36. The van der Waals surface area contributed by atoms with E-state index in [4.69, 9.17) is 4.74 Å². The van der Waals surface area contributed by atoms with Gasteiger partial charge in [-0.1, -0.05) is 0 Å². The maximum atomic E-state index is 12.9. The lowest BCUT2D eigenvalue weighted by Gasteiger charge is -2.34. The van der Waals surface area contributed by atoms with Crippen molar-refractivity contribution in [3.63, 3.8) is 0 Å². The van der Waals surface area contributed by atoms with Gasteiger partial charge < -0.3 is 4.74 Å². The average molecular weight is 287 g/mol. The topological polar surface area (TPSA) is 56.2 Å². The second-order valence-corrected chi connectivity index (χ2v) is 5.52. The molecule has 1 aromatic heterocycles. The summed E-state index contributed by atoms with van der Waals surface area (Å²) < 4.78 is 32.4. The van der Waals surface area contributed by atoms with Crippen LogP contribution in [0, 0.1) is 6.92 Å². The Balaban J connectivity index is 2.11. The zero-order chi connectivity index (χ0) is 15.1. The van der Waals surface area contributed by atoms with E-state index in [0.717, 1.165) is 0 Å². The van der Waals surface area contributed by atoms with Crippen LogP contribution in [0.2, 0.25) is 0 Å². The second kappa shape index (κ2) is 5.03. The maximum Gasteiger partial charge on any atom is 0.413 e. The Morgan fingerprint density at radius 2 is 2.10 bits per heavy atom. The molecule has 1 N–H and O–H groups in total. The molecule has 112 valence electrons. The van der Waals surface area contributed by atoms with E-state index in [1.54, 1.807) is 27.8 Å². The van der Waals surface area contributed by atoms with Crippen molar-refractivity contribution in [2.24, 2.45) is 7.05 Å². The van der Waals surface area contributed by atoms with Crippen molar-refractivity contribution in [2.75, 3.05) is 5.32 Å². The predicted molar refractivity (Wildman–Crippen MR) is 70.1 cm³/mol. The van der Waals surface area contributed by atoms with E-state index < -0.39 is 12.0 Å². The molecule has 0 saturated heterocycles. The number of aryl methyl sites for hydroxylation is 1. The first kappa shape index (κ1) is 14.7. The smallest absolute Gasteiger partial charge is 0.413 e. The van der Waals surface area contributed by atoms with Gasteiger partial charge in [0.15, 0.2) is 0 Å². The molecule has 1 amide bonds. The summed E-state index contributed by atoms with van der Waals surface area (Å²) in [5.74, 6) is -2.34. The molecule has 1 fully saturated rings. The highest BCUT2D eigenvalue weighted by atomic mass is 19.3. The van der Waals surface area contributed by atoms with Crippen LogP contribution in [0.5, 0.6) is 0 Å². The first-order valence-electron chi connectivity index (χ1n) is 6.58. The summed E-state index contributed by atoms with van der Waals surface area (Å²) in [6.07, 6.45) is -1.16. The van der Waals surface area contributed by atoms with Crippen LogP contribution >= 0.6 is 0 Å². The molecule has 0 atom stereocenters. The van der Waals surface area contributed by atoms with Crippen molar-refractivity contribution in [2.45, 2.75) is 51.6 Å². The van der Waals surface area contributed by atoms with E-state index in [-0.39, 0.29) is 24.9 Å². The number of carbonyl (C=O) groups is 1. The van der Waals surface area contributed by atoms with Crippen LogP contribution < -0.4 is 5.32 Å². The van der Waals surface area contributed by atoms with Crippen molar-refractivity contribution in [1.29, 1.82) is 0 Å². The number of nitrogens with one attached hydrogen (secondary N) is 1. The van der Waals surface area contributed by atoms with E-state index in [1.807, 2.05) is 0 Å². The van der Waals surface area contributed by atoms with Gasteiger partial charge in [0.05, 0.1) is 11.8 Å². The van der Waals surface area contributed by atoms with Crippen molar-refractivity contribution < 1.29 is 18.3 Å². The summed E-state index contributed by atoms with van der Waals surface area (Å²) in [5.41, 5.74) is 1.34. The van der Waals surface area contributed by atoms with E-state index in [1.165, 1.54) is 4.68 Å². The standard InChI is InChI=1S/C13H19F2N3O2/c1-7(2)20-12(19)16-11-8(3)10(17-18(11)4)9-5-13(14,15)6-9/h7,9H,5-6H2,1-4H3,(H,16,19). The lowest BCUT2D eigenvalue weighted by molar-refractivity contribution is -0.0877. The Bertz CT molecular complexity index is 518. The SMILES string of the molecule is Cc1c(C2CC(F)(F)C2)nn(C)c1NC(=O)OC(C)C. The Kier molecular flexibility index (Phi) is 3.71. The van der Waals surface area contributed by atoms with E-state index in [9.17, 15) is 13.6 Å². The number of anilines is 1. The summed E-state index contributed by atoms with van der Waals surface area (Å²) in [7, 11) is 1.66. The van der Waals surface area contributed by atoms with E-state index in [0.29, 0.717) is 17.1 Å². The quantitative estimate of drug-likeness (QED) is 0.928. The van der Waals surface area contributed by atoms with Gasteiger partial charge in [-0.05, 0) is 20.8 Å². The molecule has 0 aromatic carbocycles. The summed E-state index contributed by atoms with van der Waals surface area (Å²) in [4.78, 5) is 11.6. The van der Waals surface area contributed by atoms with Crippen molar-refractivity contribution >= 4 is 11.9 Å². The molecular weight excluding hydrogens is 268 g/mol. The molecule has 2 rings (SSSR count). The number of hydrogen-bond acceptors (Lipinski definition) is 3. The summed E-state index contributed by atoms with van der Waals surface area (Å²) in [5, 5.41) is 6.85. The zero-order valence-corrected chi connectivity index (χ0v) is 12.0. The molecule has 1 aromatic rings. The largest absolute Gasteiger partial charge is 0.447 e. The van der Waals surface area contributed by atoms with Crippen molar-refractivity contribution in [3.05, 3.63) is 11.3 Å². The highest BCUT2D eigenvalue weighted by molar-refractivity contribution is 5.84. The third-order valence-corrected chi connectivity index (χ3v) is 3.36. The first-order valence-corrected chi connectivity index (χ1v) is 6.58. The van der Waals surface area contributed by atoms with Crippen LogP contribution in [-0.2, 0) is 11.8 Å². The number of ether oxygens (including phenoxy) is 1. The van der Waals surface area contributed by atoms with Crippen LogP contribution in [0.3, 0.4) is 0 Å². The van der Waals surface area contributed by atoms with Gasteiger partial charge in [0, 0.05) is 31.4 Å². The molecule has 0 radical (unpaired) electrons. The van der Waals surface area contributed by atoms with E-state index >= 15 is 0 Å². The second-order valence-electron chi connectivity index (χ2n) is 5.52. The monoisotopic (exact) mass is 287 g/mol. The lowest BCUT2D eigenvalue weighted by atomic mass is 9.78. The molecular formula is C13H19F2N3O2. The number of halogens is 2. The highest BCUT2D eigenvalue weighted by Gasteiger charge is 2.47. The first-order chi connectivity index (χ1) is 9.19. The fourth-order valence-corrected chi connectivity index (χ4v) is 2.41. The summed E-state index contributed by atoms with van der Waals surface area (Å²) >= 11 is 0. The van der Waals surface area contributed by atoms with Gasteiger partial charge in [0.1, 0.15) is 5.82 Å². The predicted octanol–water partition coefficient (Wildman–Crippen LogP) is 3.20. The number of carbonyl (C=O) groups excluding carboxylic acids is 1. The highest BCUT2D eigenvalue weighted by Crippen LogP contribution is 2.49. The van der Waals surface area contributed by atoms with Gasteiger partial charge in [0.25, 0.3) is 0 Å². The molecule has 20 heavy (non-hydrogen) atoms. The molecule has 0 spiro atoms. The van der Waals surface area contributed by atoms with Crippen LogP contribution in [0.1, 0.15) is 43.9 Å². The number of amides is 1. The lowest BCUT2D eigenvalue weighted by Crippen LogP contribution is -2.34. The number of nitrogens with zero attached hydrogens (tertiary/aromatic N) is 2. The van der Waals surface area contributed by atoms with Gasteiger partial charge in [-0.25, -0.2) is 13.6 Å². The van der Waals surface area contributed by atoms with Gasteiger partial charge in [-0.3, -0.25) is 10.00 Å². The minimum atomic E-state index is -2.58.